The number of hydrogen-bond donors (Lipinski definition) is 2. The number of carbonyl (C=O) groups is 1. The molecule has 1 fully saturated rings. The number of para-hydroxylation sites is 2. The van der Waals surface area contributed by atoms with Crippen LogP contribution in [-0.2, 0) is 11.3 Å². The summed E-state index contributed by atoms with van der Waals surface area (Å²) in [6, 6.07) is 7.96. The van der Waals surface area contributed by atoms with Crippen LogP contribution in [0.1, 0.15) is 58.3 Å². The summed E-state index contributed by atoms with van der Waals surface area (Å²) in [7, 11) is 0. The van der Waals surface area contributed by atoms with Gasteiger partial charge in [-0.15, -0.1) is 24.8 Å². The topological polar surface area (TPSA) is 72.9 Å². The van der Waals surface area contributed by atoms with Crippen molar-refractivity contribution in [3.8, 4) is 0 Å². The molecular weight excluding hydrogens is 371 g/mol. The van der Waals surface area contributed by atoms with E-state index in [1.54, 1.807) is 0 Å². The van der Waals surface area contributed by atoms with E-state index in [0.717, 1.165) is 49.1 Å². The Morgan fingerprint density at radius 1 is 1.38 bits per heavy atom. The fraction of sp³-hybridized carbons (Fsp3) is 0.579. The highest BCUT2D eigenvalue weighted by atomic mass is 35.5. The van der Waals surface area contributed by atoms with Crippen LogP contribution in [0.15, 0.2) is 24.3 Å². The van der Waals surface area contributed by atoms with Crippen LogP contribution in [0.3, 0.4) is 0 Å². The lowest BCUT2D eigenvalue weighted by Gasteiger charge is -2.37. The Bertz CT molecular complexity index is 744. The maximum absolute atomic E-state index is 12.8. The van der Waals surface area contributed by atoms with Crippen molar-refractivity contribution in [1.29, 1.82) is 0 Å². The number of fused-ring (bicyclic) bond motifs is 1. The molecule has 0 saturated heterocycles. The van der Waals surface area contributed by atoms with Crippen LogP contribution >= 0.6 is 24.8 Å². The van der Waals surface area contributed by atoms with E-state index in [-0.39, 0.29) is 42.7 Å². The lowest BCUT2D eigenvalue weighted by molar-refractivity contribution is -0.128. The van der Waals surface area contributed by atoms with Gasteiger partial charge >= 0.3 is 0 Å². The standard InChI is InChI=1S/C19H28N4O.2ClH/c1-4-23-16-11-6-5-10-15(16)22-17(23)13(2)21-18(24)14-9-7-8-12-19(14,3)20;;/h5-6,10-11,13-14H,4,7-9,12,20H2,1-3H3,(H,21,24);2*1H. The Balaban J connectivity index is 0.00000169. The molecule has 7 heteroatoms. The Labute approximate surface area is 167 Å². The monoisotopic (exact) mass is 400 g/mol. The van der Waals surface area contributed by atoms with Gasteiger partial charge in [0, 0.05) is 12.1 Å². The van der Waals surface area contributed by atoms with E-state index in [4.69, 9.17) is 10.7 Å². The van der Waals surface area contributed by atoms with E-state index in [0.29, 0.717) is 0 Å². The number of halogens is 2. The largest absolute Gasteiger partial charge is 0.346 e. The Hall–Kier alpha value is -1.30. The number of benzene rings is 1. The summed E-state index contributed by atoms with van der Waals surface area (Å²) in [6.07, 6.45) is 3.97. The van der Waals surface area contributed by atoms with Crippen LogP contribution in [0, 0.1) is 5.92 Å². The quantitative estimate of drug-likeness (QED) is 0.814. The summed E-state index contributed by atoms with van der Waals surface area (Å²) in [5.74, 6) is 0.844. The summed E-state index contributed by atoms with van der Waals surface area (Å²) in [6.45, 7) is 6.93. The van der Waals surface area contributed by atoms with E-state index < -0.39 is 5.54 Å². The van der Waals surface area contributed by atoms with Crippen molar-refractivity contribution >= 4 is 41.8 Å². The summed E-state index contributed by atoms with van der Waals surface area (Å²) in [5.41, 5.74) is 8.04. The van der Waals surface area contributed by atoms with Gasteiger partial charge in [0.1, 0.15) is 5.82 Å². The normalized spacial score (nSPS) is 23.6. The fourth-order valence-electron chi connectivity index (χ4n) is 3.92. The number of aryl methyl sites for hydroxylation is 1. The molecule has 3 atom stereocenters. The Kier molecular flexibility index (Phi) is 7.93. The molecule has 3 rings (SSSR count). The van der Waals surface area contributed by atoms with Gasteiger partial charge in [0.05, 0.1) is 23.0 Å². The smallest absolute Gasteiger partial charge is 0.225 e. The average Bonchev–Trinajstić information content (AvgIpc) is 2.92. The molecule has 3 unspecified atom stereocenters. The molecule has 5 nitrogen and oxygen atoms in total. The van der Waals surface area contributed by atoms with Crippen molar-refractivity contribution in [2.45, 2.75) is 64.6 Å². The number of amides is 1. The highest BCUT2D eigenvalue weighted by molar-refractivity contribution is 5.85. The van der Waals surface area contributed by atoms with Gasteiger partial charge < -0.3 is 15.6 Å². The van der Waals surface area contributed by atoms with Gasteiger partial charge in [0.25, 0.3) is 0 Å². The number of rotatable bonds is 4. The van der Waals surface area contributed by atoms with Crippen molar-refractivity contribution < 1.29 is 4.79 Å². The van der Waals surface area contributed by atoms with E-state index in [2.05, 4.69) is 22.9 Å². The molecule has 1 aliphatic carbocycles. The molecule has 2 aromatic rings. The van der Waals surface area contributed by atoms with Crippen molar-refractivity contribution in [1.82, 2.24) is 14.9 Å². The molecule has 0 aliphatic heterocycles. The molecule has 1 aliphatic rings. The minimum atomic E-state index is -0.410. The van der Waals surface area contributed by atoms with Crippen molar-refractivity contribution in [3.05, 3.63) is 30.1 Å². The summed E-state index contributed by atoms with van der Waals surface area (Å²) >= 11 is 0. The molecule has 0 radical (unpaired) electrons. The zero-order valence-electron chi connectivity index (χ0n) is 15.7. The molecule has 1 aromatic heterocycles. The first-order valence-electron chi connectivity index (χ1n) is 8.98. The molecule has 1 aromatic carbocycles. The van der Waals surface area contributed by atoms with Gasteiger partial charge in [-0.05, 0) is 45.7 Å². The van der Waals surface area contributed by atoms with E-state index in [1.165, 1.54) is 0 Å². The fourth-order valence-corrected chi connectivity index (χ4v) is 3.92. The van der Waals surface area contributed by atoms with Gasteiger partial charge in [-0.25, -0.2) is 4.98 Å². The maximum atomic E-state index is 12.8. The van der Waals surface area contributed by atoms with Crippen LogP contribution in [0.5, 0.6) is 0 Å². The second-order valence-electron chi connectivity index (χ2n) is 7.24. The van der Waals surface area contributed by atoms with E-state index >= 15 is 0 Å². The molecule has 1 heterocycles. The SMILES string of the molecule is CCn1c(C(C)NC(=O)C2CCCCC2(C)N)nc2ccccc21.Cl.Cl. The molecule has 146 valence electrons. The molecule has 26 heavy (non-hydrogen) atoms. The molecule has 0 bridgehead atoms. The average molecular weight is 401 g/mol. The number of carbonyl (C=O) groups excluding carboxylic acids is 1. The zero-order valence-corrected chi connectivity index (χ0v) is 17.3. The van der Waals surface area contributed by atoms with Gasteiger partial charge in [0.2, 0.25) is 5.91 Å². The Morgan fingerprint density at radius 2 is 2.08 bits per heavy atom. The number of imidazole rings is 1. The third-order valence-corrected chi connectivity index (χ3v) is 5.32. The third-order valence-electron chi connectivity index (χ3n) is 5.32. The van der Waals surface area contributed by atoms with E-state index in [1.807, 2.05) is 32.0 Å². The van der Waals surface area contributed by atoms with Gasteiger partial charge in [0.15, 0.2) is 0 Å². The number of nitrogens with two attached hydrogens (primary N) is 1. The summed E-state index contributed by atoms with van der Waals surface area (Å²) < 4.78 is 2.17. The van der Waals surface area contributed by atoms with Crippen LogP contribution in [0.4, 0.5) is 0 Å². The second-order valence-corrected chi connectivity index (χ2v) is 7.24. The first-order chi connectivity index (χ1) is 11.4. The van der Waals surface area contributed by atoms with E-state index in [9.17, 15) is 4.79 Å². The zero-order chi connectivity index (χ0) is 17.3. The van der Waals surface area contributed by atoms with Crippen LogP contribution < -0.4 is 11.1 Å². The Morgan fingerprint density at radius 3 is 2.73 bits per heavy atom. The highest BCUT2D eigenvalue weighted by Gasteiger charge is 2.38. The molecule has 3 N–H and O–H groups in total. The molecular formula is C19H30Cl2N4O. The lowest BCUT2D eigenvalue weighted by Crippen LogP contribution is -2.53. The third kappa shape index (κ3) is 4.33. The first-order valence-corrected chi connectivity index (χ1v) is 8.98. The van der Waals surface area contributed by atoms with Crippen LogP contribution in [0.25, 0.3) is 11.0 Å². The van der Waals surface area contributed by atoms with Crippen molar-refractivity contribution in [2.75, 3.05) is 0 Å². The second kappa shape index (κ2) is 9.07. The minimum absolute atomic E-state index is 0. The molecule has 0 spiro atoms. The first kappa shape index (κ1) is 22.7. The molecule has 1 amide bonds. The van der Waals surface area contributed by atoms with Gasteiger partial charge in [-0.1, -0.05) is 25.0 Å². The summed E-state index contributed by atoms with van der Waals surface area (Å²) in [4.78, 5) is 17.5. The number of hydrogen-bond acceptors (Lipinski definition) is 3. The predicted molar refractivity (Wildman–Crippen MR) is 111 cm³/mol. The number of nitrogens with zero attached hydrogens (tertiary/aromatic N) is 2. The van der Waals surface area contributed by atoms with Crippen LogP contribution in [0.2, 0.25) is 0 Å². The summed E-state index contributed by atoms with van der Waals surface area (Å²) in [5, 5.41) is 3.15. The van der Waals surface area contributed by atoms with Crippen molar-refractivity contribution in [3.63, 3.8) is 0 Å². The van der Waals surface area contributed by atoms with Gasteiger partial charge in [-0.3, -0.25) is 4.79 Å². The molecule has 1 saturated carbocycles. The predicted octanol–water partition coefficient (Wildman–Crippen LogP) is 3.98. The maximum Gasteiger partial charge on any atom is 0.225 e. The van der Waals surface area contributed by atoms with Crippen LogP contribution in [-0.4, -0.2) is 21.0 Å². The van der Waals surface area contributed by atoms with Gasteiger partial charge in [-0.2, -0.15) is 0 Å². The highest BCUT2D eigenvalue weighted by Crippen LogP contribution is 2.32. The number of aromatic nitrogens is 2. The number of nitrogens with one attached hydrogen (secondary N) is 1. The van der Waals surface area contributed by atoms with Crippen molar-refractivity contribution in [2.24, 2.45) is 11.7 Å². The lowest BCUT2D eigenvalue weighted by atomic mass is 9.74. The minimum Gasteiger partial charge on any atom is -0.346 e.